The van der Waals surface area contributed by atoms with Gasteiger partial charge in [0.1, 0.15) is 17.5 Å². The van der Waals surface area contributed by atoms with Crippen LogP contribution in [0, 0.1) is 37.4 Å². The highest BCUT2D eigenvalue weighted by molar-refractivity contribution is 9.10. The molecule has 3 aromatic carbocycles. The fourth-order valence-corrected chi connectivity index (χ4v) is 3.58. The molecule has 0 aliphatic heterocycles. The molecule has 1 N–H and O–H groups in total. The molecule has 11 nitrogen and oxygen atoms in total. The zero-order valence-corrected chi connectivity index (χ0v) is 20.5. The minimum Gasteiger partial charge on any atom is -0.490 e. The van der Waals surface area contributed by atoms with Gasteiger partial charge in [0.25, 0.3) is 11.6 Å². The molecule has 0 saturated heterocycles. The lowest BCUT2D eigenvalue weighted by Crippen LogP contribution is -2.13. The summed E-state index contributed by atoms with van der Waals surface area (Å²) in [4.78, 5) is 33.4. The summed E-state index contributed by atoms with van der Waals surface area (Å²) in [6, 6.07) is 12.7. The van der Waals surface area contributed by atoms with Gasteiger partial charge in [-0.15, -0.1) is 0 Å². The normalized spacial score (nSPS) is 10.8. The van der Waals surface area contributed by atoms with Crippen molar-refractivity contribution >= 4 is 45.0 Å². The van der Waals surface area contributed by atoms with E-state index < -0.39 is 32.9 Å². The van der Waals surface area contributed by atoms with Crippen molar-refractivity contribution in [3.8, 4) is 23.3 Å². The Labute approximate surface area is 217 Å². The quantitative estimate of drug-likeness (QED) is 0.139. The third-order valence-electron chi connectivity index (χ3n) is 4.67. The van der Waals surface area contributed by atoms with E-state index in [1.165, 1.54) is 30.3 Å². The molecule has 0 heterocycles. The molecular formula is C24H16BrFN4O7. The van der Waals surface area contributed by atoms with E-state index in [0.717, 1.165) is 30.3 Å². The molecule has 0 spiro atoms. The third-order valence-corrected chi connectivity index (χ3v) is 5.26. The highest BCUT2D eigenvalue weighted by atomic mass is 79.9. The molecule has 0 saturated carbocycles. The van der Waals surface area contributed by atoms with Crippen LogP contribution in [0.25, 0.3) is 6.08 Å². The molecule has 0 aliphatic carbocycles. The Bertz CT molecular complexity index is 1450. The van der Waals surface area contributed by atoms with E-state index in [0.29, 0.717) is 5.56 Å². The Hall–Kier alpha value is -4.83. The maximum absolute atomic E-state index is 13.1. The van der Waals surface area contributed by atoms with E-state index in [2.05, 4.69) is 21.2 Å². The standard InChI is InChI=1S/C24H16BrFN4O7/c1-2-36-22-11-14(9-15(13-27)24(31)28-17-5-3-16(26)4-6-17)10-19(25)23(22)37-21-8-7-18(29(32)33)12-20(21)30(34)35/h3-12H,2H2,1H3,(H,28,31)/b15-9-. The molecule has 0 unspecified atom stereocenters. The van der Waals surface area contributed by atoms with E-state index in [4.69, 9.17) is 9.47 Å². The number of nitriles is 1. The zero-order valence-electron chi connectivity index (χ0n) is 18.9. The number of halogens is 2. The second-order valence-electron chi connectivity index (χ2n) is 7.16. The number of nitrogens with one attached hydrogen (secondary N) is 1. The highest BCUT2D eigenvalue weighted by Crippen LogP contribution is 2.43. The topological polar surface area (TPSA) is 158 Å². The number of hydrogen-bond donors (Lipinski definition) is 1. The molecule has 3 rings (SSSR count). The molecule has 0 bridgehead atoms. The fourth-order valence-electron chi connectivity index (χ4n) is 3.04. The number of non-ortho nitro benzene ring substituents is 1. The average Bonchev–Trinajstić information content (AvgIpc) is 2.86. The van der Waals surface area contributed by atoms with Gasteiger partial charge in [-0.25, -0.2) is 4.39 Å². The lowest BCUT2D eigenvalue weighted by molar-refractivity contribution is -0.394. The predicted molar refractivity (Wildman–Crippen MR) is 134 cm³/mol. The first kappa shape index (κ1) is 26.8. The molecular weight excluding hydrogens is 555 g/mol. The van der Waals surface area contributed by atoms with Gasteiger partial charge in [-0.05, 0) is 77.0 Å². The maximum Gasteiger partial charge on any atom is 0.318 e. The Kier molecular flexibility index (Phi) is 8.49. The van der Waals surface area contributed by atoms with E-state index >= 15 is 0 Å². The number of carbonyl (C=O) groups is 1. The van der Waals surface area contributed by atoms with Crippen molar-refractivity contribution in [3.05, 3.63) is 96.3 Å². The van der Waals surface area contributed by atoms with Crippen molar-refractivity contribution in [2.24, 2.45) is 0 Å². The largest absolute Gasteiger partial charge is 0.490 e. The Balaban J connectivity index is 1.97. The number of nitro groups is 2. The SMILES string of the molecule is CCOc1cc(/C=C(/C#N)C(=O)Nc2ccc(F)cc2)cc(Br)c1Oc1ccc([N+](=O)[O-])cc1[N+](=O)[O-]. The highest BCUT2D eigenvalue weighted by Gasteiger charge is 2.24. The van der Waals surface area contributed by atoms with E-state index in [1.54, 1.807) is 13.0 Å². The smallest absolute Gasteiger partial charge is 0.318 e. The second-order valence-corrected chi connectivity index (χ2v) is 8.02. The van der Waals surface area contributed by atoms with Crippen molar-refractivity contribution in [2.45, 2.75) is 6.92 Å². The first-order valence-corrected chi connectivity index (χ1v) is 11.2. The van der Waals surface area contributed by atoms with Gasteiger partial charge in [-0.3, -0.25) is 25.0 Å². The van der Waals surface area contributed by atoms with Crippen LogP contribution < -0.4 is 14.8 Å². The third kappa shape index (κ3) is 6.65. The van der Waals surface area contributed by atoms with E-state index in [1.807, 2.05) is 0 Å². The van der Waals surface area contributed by atoms with Crippen molar-refractivity contribution < 1.29 is 28.5 Å². The number of carbonyl (C=O) groups excluding carboxylic acids is 1. The number of nitro benzene ring substituents is 2. The minimum absolute atomic E-state index is 0.0326. The van der Waals surface area contributed by atoms with Crippen LogP contribution in [0.1, 0.15) is 12.5 Å². The van der Waals surface area contributed by atoms with Crippen molar-refractivity contribution in [2.75, 3.05) is 11.9 Å². The Morgan fingerprint density at radius 2 is 1.81 bits per heavy atom. The van der Waals surface area contributed by atoms with Crippen LogP contribution in [0.3, 0.4) is 0 Å². The van der Waals surface area contributed by atoms with Gasteiger partial charge < -0.3 is 14.8 Å². The van der Waals surface area contributed by atoms with Crippen LogP contribution in [0.2, 0.25) is 0 Å². The number of benzene rings is 3. The summed E-state index contributed by atoms with van der Waals surface area (Å²) in [6.07, 6.45) is 1.28. The average molecular weight is 571 g/mol. The summed E-state index contributed by atoms with van der Waals surface area (Å²) >= 11 is 3.30. The van der Waals surface area contributed by atoms with Crippen molar-refractivity contribution in [1.82, 2.24) is 0 Å². The predicted octanol–water partition coefficient (Wildman–Crippen LogP) is 6.14. The van der Waals surface area contributed by atoms with Crippen molar-refractivity contribution in [1.29, 1.82) is 5.26 Å². The fraction of sp³-hybridized carbons (Fsp3) is 0.0833. The molecule has 0 radical (unpaired) electrons. The summed E-state index contributed by atoms with van der Waals surface area (Å²) in [7, 11) is 0. The summed E-state index contributed by atoms with van der Waals surface area (Å²) in [5, 5.41) is 34.5. The van der Waals surface area contributed by atoms with Gasteiger partial charge in [0.05, 0.1) is 27.0 Å². The molecule has 1 amide bonds. The summed E-state index contributed by atoms with van der Waals surface area (Å²) in [6.45, 7) is 1.86. The van der Waals surface area contributed by atoms with Crippen LogP contribution in [-0.4, -0.2) is 22.4 Å². The first-order chi connectivity index (χ1) is 17.6. The molecule has 37 heavy (non-hydrogen) atoms. The Morgan fingerprint density at radius 1 is 1.11 bits per heavy atom. The van der Waals surface area contributed by atoms with Gasteiger partial charge in [0.15, 0.2) is 11.5 Å². The summed E-state index contributed by atoms with van der Waals surface area (Å²) in [5.74, 6) is -1.33. The van der Waals surface area contributed by atoms with Gasteiger partial charge in [0.2, 0.25) is 5.75 Å². The summed E-state index contributed by atoms with van der Waals surface area (Å²) < 4.78 is 24.7. The van der Waals surface area contributed by atoms with Gasteiger partial charge in [0, 0.05) is 11.8 Å². The van der Waals surface area contributed by atoms with E-state index in [-0.39, 0.29) is 39.6 Å². The number of hydrogen-bond acceptors (Lipinski definition) is 8. The minimum atomic E-state index is -0.813. The number of nitrogens with zero attached hydrogens (tertiary/aromatic N) is 3. The van der Waals surface area contributed by atoms with Gasteiger partial charge in [-0.1, -0.05) is 0 Å². The zero-order chi connectivity index (χ0) is 27.1. The lowest BCUT2D eigenvalue weighted by Gasteiger charge is -2.14. The van der Waals surface area contributed by atoms with Crippen LogP contribution in [-0.2, 0) is 4.79 Å². The van der Waals surface area contributed by atoms with Crippen molar-refractivity contribution in [3.63, 3.8) is 0 Å². The van der Waals surface area contributed by atoms with Gasteiger partial charge >= 0.3 is 5.69 Å². The molecule has 0 atom stereocenters. The van der Waals surface area contributed by atoms with Gasteiger partial charge in [-0.2, -0.15) is 5.26 Å². The van der Waals surface area contributed by atoms with E-state index in [9.17, 15) is 34.7 Å². The molecule has 0 aromatic heterocycles. The number of ether oxygens (including phenoxy) is 2. The van der Waals surface area contributed by atoms with Crippen LogP contribution in [0.15, 0.2) is 64.6 Å². The molecule has 13 heteroatoms. The maximum atomic E-state index is 13.1. The first-order valence-electron chi connectivity index (χ1n) is 10.4. The monoisotopic (exact) mass is 570 g/mol. The molecule has 0 fully saturated rings. The number of rotatable bonds is 9. The lowest BCUT2D eigenvalue weighted by atomic mass is 10.1. The number of amides is 1. The Morgan fingerprint density at radius 3 is 2.41 bits per heavy atom. The molecule has 188 valence electrons. The molecule has 0 aliphatic rings. The molecule has 3 aromatic rings. The van der Waals surface area contributed by atoms with Crippen LogP contribution in [0.5, 0.6) is 17.2 Å². The number of anilines is 1. The van der Waals surface area contributed by atoms with Crippen LogP contribution in [0.4, 0.5) is 21.5 Å². The summed E-state index contributed by atoms with van der Waals surface area (Å²) in [5.41, 5.74) is -0.731. The second kappa shape index (κ2) is 11.7. The van der Waals surface area contributed by atoms with Crippen LogP contribution >= 0.6 is 15.9 Å².